The molecule has 0 saturated carbocycles. The fraction of sp³-hybridized carbons (Fsp3) is 0.348. The molecule has 0 N–H and O–H groups in total. The molecule has 144 valence electrons. The molecule has 2 aliphatic heterocycles. The van der Waals surface area contributed by atoms with E-state index < -0.39 is 0 Å². The Morgan fingerprint density at radius 3 is 2.54 bits per heavy atom. The Morgan fingerprint density at radius 2 is 1.75 bits per heavy atom. The van der Waals surface area contributed by atoms with Crippen LogP contribution in [0.25, 0.3) is 0 Å². The highest BCUT2D eigenvalue weighted by Gasteiger charge is 2.54. The molecule has 3 aliphatic rings. The molecule has 0 bridgehead atoms. The number of carbonyl (C=O) groups is 1. The molecule has 0 unspecified atom stereocenters. The molecule has 2 aromatic carbocycles. The summed E-state index contributed by atoms with van der Waals surface area (Å²) in [4.78, 5) is 12.6. The van der Waals surface area contributed by atoms with Gasteiger partial charge < -0.3 is 18.9 Å². The van der Waals surface area contributed by atoms with Gasteiger partial charge in [-0.05, 0) is 29.3 Å². The maximum absolute atomic E-state index is 12.6. The van der Waals surface area contributed by atoms with Crippen LogP contribution in [0.2, 0.25) is 0 Å². The lowest BCUT2D eigenvalue weighted by molar-refractivity contribution is -0.219. The van der Waals surface area contributed by atoms with Crippen LogP contribution in [-0.4, -0.2) is 37.7 Å². The van der Waals surface area contributed by atoms with Crippen LogP contribution >= 0.6 is 0 Å². The number of hydrogen-bond acceptors (Lipinski definition) is 5. The zero-order valence-corrected chi connectivity index (χ0v) is 15.4. The molecule has 28 heavy (non-hydrogen) atoms. The summed E-state index contributed by atoms with van der Waals surface area (Å²) >= 11 is 0. The molecule has 2 heterocycles. The van der Waals surface area contributed by atoms with Gasteiger partial charge in [0.1, 0.15) is 6.10 Å². The molecular weight excluding hydrogens is 356 g/mol. The van der Waals surface area contributed by atoms with E-state index in [4.69, 9.17) is 18.9 Å². The van der Waals surface area contributed by atoms with Crippen molar-refractivity contribution >= 4 is 5.97 Å². The molecular formula is C23H22O5. The van der Waals surface area contributed by atoms with Crippen molar-refractivity contribution in [2.75, 3.05) is 13.2 Å². The van der Waals surface area contributed by atoms with Crippen LogP contribution in [0.1, 0.15) is 15.9 Å². The lowest BCUT2D eigenvalue weighted by atomic mass is 9.84. The zero-order chi connectivity index (χ0) is 18.9. The van der Waals surface area contributed by atoms with Gasteiger partial charge >= 0.3 is 5.97 Å². The molecule has 0 spiro atoms. The minimum atomic E-state index is -0.330. The summed E-state index contributed by atoms with van der Waals surface area (Å²) in [7, 11) is 0. The molecule has 0 radical (unpaired) electrons. The minimum Gasteiger partial charge on any atom is -0.454 e. The Hall–Kier alpha value is -2.47. The number of benzene rings is 2. The molecule has 5 nitrogen and oxygen atoms in total. The van der Waals surface area contributed by atoms with Gasteiger partial charge in [-0.2, -0.15) is 0 Å². The summed E-state index contributed by atoms with van der Waals surface area (Å²) in [5.41, 5.74) is 2.81. The van der Waals surface area contributed by atoms with E-state index in [1.54, 1.807) is 12.1 Å². The normalized spacial score (nSPS) is 30.6. The quantitative estimate of drug-likeness (QED) is 0.590. The first-order chi connectivity index (χ1) is 13.8. The van der Waals surface area contributed by atoms with E-state index >= 15 is 0 Å². The summed E-state index contributed by atoms with van der Waals surface area (Å²) in [5, 5.41) is 0. The van der Waals surface area contributed by atoms with Gasteiger partial charge in [0.15, 0.2) is 6.29 Å². The topological polar surface area (TPSA) is 54.0 Å². The smallest absolute Gasteiger partial charge is 0.338 e. The SMILES string of the molecule is O=C(O[C@H]1C=C2CO[C@H]3OC[C@@H](OCc4ccccc4)[C@@H]1[C@@H]23)c1ccccc1. The fourth-order valence-corrected chi connectivity index (χ4v) is 4.38. The summed E-state index contributed by atoms with van der Waals surface area (Å²) in [6, 6.07) is 19.1. The predicted molar refractivity (Wildman–Crippen MR) is 101 cm³/mol. The van der Waals surface area contributed by atoms with Crippen LogP contribution in [-0.2, 0) is 25.6 Å². The van der Waals surface area contributed by atoms with Crippen molar-refractivity contribution in [3.8, 4) is 0 Å². The van der Waals surface area contributed by atoms with Crippen LogP contribution < -0.4 is 0 Å². The molecule has 2 aromatic rings. The van der Waals surface area contributed by atoms with Crippen molar-refractivity contribution in [3.63, 3.8) is 0 Å². The number of ether oxygens (including phenoxy) is 4. The van der Waals surface area contributed by atoms with E-state index in [-0.39, 0.29) is 36.3 Å². The maximum atomic E-state index is 12.6. The van der Waals surface area contributed by atoms with Gasteiger partial charge in [-0.1, -0.05) is 48.5 Å². The van der Waals surface area contributed by atoms with Gasteiger partial charge in [0.25, 0.3) is 0 Å². The molecule has 2 saturated heterocycles. The molecule has 1 aliphatic carbocycles. The van der Waals surface area contributed by atoms with Crippen molar-refractivity contribution in [1.29, 1.82) is 0 Å². The average molecular weight is 378 g/mol. The second kappa shape index (κ2) is 7.51. The van der Waals surface area contributed by atoms with E-state index in [0.29, 0.717) is 25.4 Å². The standard InChI is InChI=1S/C23H22O5/c24-22(16-9-5-2-6-10-16)28-18-11-17-13-26-23-20(17)21(18)19(14-27-23)25-12-15-7-3-1-4-8-15/h1-11,18-21,23H,12-14H2/t18-,19+,20+,21+,23-/m0/s1. The van der Waals surface area contributed by atoms with E-state index in [0.717, 1.165) is 11.1 Å². The van der Waals surface area contributed by atoms with E-state index in [1.807, 2.05) is 54.6 Å². The van der Waals surface area contributed by atoms with Crippen molar-refractivity contribution in [2.45, 2.75) is 25.1 Å². The lowest BCUT2D eigenvalue weighted by Crippen LogP contribution is -2.48. The molecule has 5 atom stereocenters. The molecule has 2 fully saturated rings. The van der Waals surface area contributed by atoms with Gasteiger partial charge in [0, 0.05) is 11.8 Å². The Bertz CT molecular complexity index is 863. The van der Waals surface area contributed by atoms with E-state index in [9.17, 15) is 4.79 Å². The monoisotopic (exact) mass is 378 g/mol. The first kappa shape index (κ1) is 17.6. The first-order valence-electron chi connectivity index (χ1n) is 9.65. The number of rotatable bonds is 5. The zero-order valence-electron chi connectivity index (χ0n) is 15.4. The van der Waals surface area contributed by atoms with Crippen molar-refractivity contribution in [3.05, 3.63) is 83.4 Å². The van der Waals surface area contributed by atoms with Gasteiger partial charge in [-0.3, -0.25) is 0 Å². The third-order valence-corrected chi connectivity index (χ3v) is 5.72. The Balaban J connectivity index is 1.34. The summed E-state index contributed by atoms with van der Waals surface area (Å²) in [6.07, 6.45) is 1.27. The van der Waals surface area contributed by atoms with Crippen molar-refractivity contribution < 1.29 is 23.7 Å². The number of esters is 1. The highest BCUT2D eigenvalue weighted by molar-refractivity contribution is 5.89. The molecule has 5 rings (SSSR count). The van der Waals surface area contributed by atoms with Crippen LogP contribution in [0.3, 0.4) is 0 Å². The van der Waals surface area contributed by atoms with Crippen LogP contribution in [0.5, 0.6) is 0 Å². The van der Waals surface area contributed by atoms with Crippen LogP contribution in [0, 0.1) is 11.8 Å². The van der Waals surface area contributed by atoms with E-state index in [2.05, 4.69) is 0 Å². The molecule has 0 amide bonds. The van der Waals surface area contributed by atoms with Gasteiger partial charge in [-0.25, -0.2) is 4.79 Å². The number of hydrogen-bond donors (Lipinski definition) is 0. The summed E-state index contributed by atoms with van der Waals surface area (Å²) in [6.45, 7) is 1.45. The van der Waals surface area contributed by atoms with Gasteiger partial charge in [0.05, 0.1) is 31.5 Å². The molecule has 0 aromatic heterocycles. The third-order valence-electron chi connectivity index (χ3n) is 5.72. The fourth-order valence-electron chi connectivity index (χ4n) is 4.38. The highest BCUT2D eigenvalue weighted by atomic mass is 16.7. The Labute approximate surface area is 163 Å². The third kappa shape index (κ3) is 3.26. The molecule has 5 heteroatoms. The number of carbonyl (C=O) groups excluding carboxylic acids is 1. The van der Waals surface area contributed by atoms with Crippen LogP contribution in [0.4, 0.5) is 0 Å². The van der Waals surface area contributed by atoms with E-state index in [1.165, 1.54) is 0 Å². The Kier molecular flexibility index (Phi) is 4.72. The maximum Gasteiger partial charge on any atom is 0.338 e. The highest BCUT2D eigenvalue weighted by Crippen LogP contribution is 2.47. The second-order valence-electron chi connectivity index (χ2n) is 7.43. The predicted octanol–water partition coefficient (Wildman–Crippen LogP) is 3.36. The van der Waals surface area contributed by atoms with Crippen LogP contribution in [0.15, 0.2) is 72.3 Å². The average Bonchev–Trinajstić information content (AvgIpc) is 3.32. The Morgan fingerprint density at radius 1 is 1.00 bits per heavy atom. The summed E-state index contributed by atoms with van der Waals surface area (Å²) in [5.74, 6) is -0.219. The first-order valence-corrected chi connectivity index (χ1v) is 9.65. The minimum absolute atomic E-state index is 0.00706. The summed E-state index contributed by atoms with van der Waals surface area (Å²) < 4.78 is 23.8. The van der Waals surface area contributed by atoms with Gasteiger partial charge in [0.2, 0.25) is 0 Å². The van der Waals surface area contributed by atoms with Gasteiger partial charge in [-0.15, -0.1) is 0 Å². The second-order valence-corrected chi connectivity index (χ2v) is 7.43. The van der Waals surface area contributed by atoms with Crippen molar-refractivity contribution in [1.82, 2.24) is 0 Å². The largest absolute Gasteiger partial charge is 0.454 e. The lowest BCUT2D eigenvalue weighted by Gasteiger charge is -2.38. The van der Waals surface area contributed by atoms with Crippen molar-refractivity contribution in [2.24, 2.45) is 11.8 Å².